The fraction of sp³-hybridized carbons (Fsp3) is 0.190. The number of carbonyl (C=O) groups is 2. The second-order valence-electron chi connectivity index (χ2n) is 5.67. The van der Waals surface area contributed by atoms with Crippen molar-refractivity contribution in [3.63, 3.8) is 0 Å². The van der Waals surface area contributed by atoms with E-state index < -0.39 is 17.5 Å². The summed E-state index contributed by atoms with van der Waals surface area (Å²) in [6.45, 7) is 0. The molecule has 0 saturated heterocycles. The number of rotatable bonds is 8. The van der Waals surface area contributed by atoms with Crippen LogP contribution in [0, 0.1) is 11.3 Å². The molecule has 30 heavy (non-hydrogen) atoms. The smallest absolute Gasteiger partial charge is 0.343 e. The van der Waals surface area contributed by atoms with Gasteiger partial charge < -0.3 is 33.6 Å². The molecule has 2 rings (SSSR count). The molecule has 0 atom stereocenters. The van der Waals surface area contributed by atoms with Crippen LogP contribution in [0.4, 0.5) is 0 Å². The van der Waals surface area contributed by atoms with Gasteiger partial charge in [-0.15, -0.1) is 0 Å². The van der Waals surface area contributed by atoms with E-state index in [0.717, 1.165) is 6.08 Å². The van der Waals surface area contributed by atoms with Crippen molar-refractivity contribution in [2.24, 2.45) is 0 Å². The Morgan fingerprint density at radius 1 is 0.900 bits per heavy atom. The van der Waals surface area contributed by atoms with Gasteiger partial charge in [0.1, 0.15) is 6.07 Å². The minimum Gasteiger partial charge on any atom is -0.544 e. The Balaban J connectivity index is 2.37. The number of carboxylic acid groups (broad SMARTS) is 1. The van der Waals surface area contributed by atoms with Crippen molar-refractivity contribution >= 4 is 18.0 Å². The van der Waals surface area contributed by atoms with Crippen molar-refractivity contribution in [2.45, 2.75) is 0 Å². The fourth-order valence-corrected chi connectivity index (χ4v) is 2.52. The highest BCUT2D eigenvalue weighted by Crippen LogP contribution is 2.39. The Hall–Kier alpha value is -4.19. The van der Waals surface area contributed by atoms with Crippen LogP contribution in [0.2, 0.25) is 0 Å². The highest BCUT2D eigenvalue weighted by molar-refractivity contribution is 5.95. The molecule has 9 heteroatoms. The van der Waals surface area contributed by atoms with Gasteiger partial charge in [0.05, 0.1) is 45.5 Å². The third-order valence-corrected chi connectivity index (χ3v) is 3.94. The summed E-state index contributed by atoms with van der Waals surface area (Å²) in [7, 11) is 5.63. The zero-order chi connectivity index (χ0) is 22.3. The van der Waals surface area contributed by atoms with Crippen LogP contribution < -0.4 is 28.8 Å². The SMILES string of the molecule is COc1cc(/C=C(\C#N)C(=O)[O-])ccc1OC(=O)c1cc(OC)c(OC)c(OC)c1. The Morgan fingerprint density at radius 3 is 1.97 bits per heavy atom. The molecule has 156 valence electrons. The van der Waals surface area contributed by atoms with E-state index >= 15 is 0 Å². The quantitative estimate of drug-likeness (QED) is 0.275. The topological polar surface area (TPSA) is 127 Å². The normalized spacial score (nSPS) is 10.6. The molecule has 0 heterocycles. The van der Waals surface area contributed by atoms with E-state index in [0.29, 0.717) is 11.3 Å². The Morgan fingerprint density at radius 2 is 1.50 bits per heavy atom. The number of carbonyl (C=O) groups excluding carboxylic acids is 2. The lowest BCUT2D eigenvalue weighted by Gasteiger charge is -2.14. The van der Waals surface area contributed by atoms with Crippen LogP contribution in [0.3, 0.4) is 0 Å². The number of hydrogen-bond donors (Lipinski definition) is 0. The summed E-state index contributed by atoms with van der Waals surface area (Å²) in [6, 6.07) is 8.68. The van der Waals surface area contributed by atoms with E-state index in [9.17, 15) is 14.7 Å². The second-order valence-corrected chi connectivity index (χ2v) is 5.67. The van der Waals surface area contributed by atoms with Crippen molar-refractivity contribution in [3.8, 4) is 34.8 Å². The highest BCUT2D eigenvalue weighted by atomic mass is 16.6. The zero-order valence-corrected chi connectivity index (χ0v) is 16.7. The number of esters is 1. The largest absolute Gasteiger partial charge is 0.544 e. The van der Waals surface area contributed by atoms with Gasteiger partial charge in [-0.25, -0.2) is 4.79 Å². The molecule has 0 spiro atoms. The van der Waals surface area contributed by atoms with Gasteiger partial charge in [0.15, 0.2) is 23.0 Å². The second kappa shape index (κ2) is 9.84. The lowest BCUT2D eigenvalue weighted by atomic mass is 10.1. The van der Waals surface area contributed by atoms with Crippen LogP contribution >= 0.6 is 0 Å². The first-order valence-corrected chi connectivity index (χ1v) is 8.41. The molecular formula is C21H18NO8-. The molecule has 0 saturated carbocycles. The van der Waals surface area contributed by atoms with Gasteiger partial charge >= 0.3 is 5.97 Å². The van der Waals surface area contributed by atoms with Crippen molar-refractivity contribution in [3.05, 3.63) is 47.0 Å². The van der Waals surface area contributed by atoms with E-state index in [1.54, 1.807) is 0 Å². The van der Waals surface area contributed by atoms with E-state index in [1.165, 1.54) is 64.8 Å². The molecule has 0 amide bonds. The minimum atomic E-state index is -1.60. The molecule has 0 aliphatic carbocycles. The number of aliphatic carboxylic acids is 1. The van der Waals surface area contributed by atoms with Crippen LogP contribution in [-0.4, -0.2) is 40.4 Å². The van der Waals surface area contributed by atoms with Crippen LogP contribution in [0.15, 0.2) is 35.9 Å². The Bertz CT molecular complexity index is 1010. The van der Waals surface area contributed by atoms with Crippen molar-refractivity contribution in [2.75, 3.05) is 28.4 Å². The minimum absolute atomic E-state index is 0.0837. The zero-order valence-electron chi connectivity index (χ0n) is 16.7. The molecule has 2 aromatic carbocycles. The maximum atomic E-state index is 12.6. The van der Waals surface area contributed by atoms with E-state index in [4.69, 9.17) is 28.9 Å². The monoisotopic (exact) mass is 412 g/mol. The van der Waals surface area contributed by atoms with Crippen molar-refractivity contribution in [1.82, 2.24) is 0 Å². The summed E-state index contributed by atoms with van der Waals surface area (Å²) in [6.07, 6.45) is 1.11. The highest BCUT2D eigenvalue weighted by Gasteiger charge is 2.19. The maximum absolute atomic E-state index is 12.6. The predicted octanol–water partition coefficient (Wildman–Crippen LogP) is 1.60. The first-order valence-electron chi connectivity index (χ1n) is 8.41. The van der Waals surface area contributed by atoms with Gasteiger partial charge in [0, 0.05) is 0 Å². The Kier molecular flexibility index (Phi) is 7.25. The summed E-state index contributed by atoms with van der Waals surface area (Å²) in [5.74, 6) is -1.20. The van der Waals surface area contributed by atoms with Gasteiger partial charge in [0.25, 0.3) is 0 Å². The number of hydrogen-bond acceptors (Lipinski definition) is 9. The lowest BCUT2D eigenvalue weighted by molar-refractivity contribution is -0.298. The van der Waals surface area contributed by atoms with Crippen LogP contribution in [0.1, 0.15) is 15.9 Å². The molecule has 0 N–H and O–H groups in total. The number of benzene rings is 2. The molecule has 0 bridgehead atoms. The maximum Gasteiger partial charge on any atom is 0.343 e. The van der Waals surface area contributed by atoms with Gasteiger partial charge in [-0.1, -0.05) is 6.07 Å². The van der Waals surface area contributed by atoms with E-state index in [-0.39, 0.29) is 28.6 Å². The number of carboxylic acids is 1. The molecular weight excluding hydrogens is 394 g/mol. The number of nitrogens with zero attached hydrogens (tertiary/aromatic N) is 1. The Labute approximate surface area is 172 Å². The summed E-state index contributed by atoms with van der Waals surface area (Å²) >= 11 is 0. The summed E-state index contributed by atoms with van der Waals surface area (Å²) in [5, 5.41) is 19.7. The van der Waals surface area contributed by atoms with Crippen molar-refractivity contribution < 1.29 is 38.4 Å². The molecule has 0 radical (unpaired) electrons. The van der Waals surface area contributed by atoms with E-state index in [2.05, 4.69) is 0 Å². The average Bonchev–Trinajstić information content (AvgIpc) is 2.76. The van der Waals surface area contributed by atoms with Crippen LogP contribution in [0.5, 0.6) is 28.7 Å². The van der Waals surface area contributed by atoms with Crippen molar-refractivity contribution in [1.29, 1.82) is 5.26 Å². The summed E-state index contributed by atoms with van der Waals surface area (Å²) in [5.41, 5.74) is -0.0707. The van der Waals surface area contributed by atoms with Crippen LogP contribution in [0.25, 0.3) is 6.08 Å². The standard InChI is InChI=1S/C21H19NO8/c1-26-16-8-12(7-14(11-22)20(23)24)5-6-15(16)30-21(25)13-9-17(27-2)19(29-4)18(10-13)28-3/h5-10H,1-4H3,(H,23,24)/p-1/b14-7+. The van der Waals surface area contributed by atoms with Gasteiger partial charge in [-0.2, -0.15) is 5.26 Å². The van der Waals surface area contributed by atoms with Gasteiger partial charge in [-0.05, 0) is 35.9 Å². The van der Waals surface area contributed by atoms with Crippen LogP contribution in [-0.2, 0) is 4.79 Å². The molecule has 0 fully saturated rings. The third kappa shape index (κ3) is 4.80. The molecule has 9 nitrogen and oxygen atoms in total. The molecule has 0 unspecified atom stereocenters. The number of nitriles is 1. The lowest BCUT2D eigenvalue weighted by Crippen LogP contribution is -2.23. The predicted molar refractivity (Wildman–Crippen MR) is 103 cm³/mol. The summed E-state index contributed by atoms with van der Waals surface area (Å²) in [4.78, 5) is 23.5. The van der Waals surface area contributed by atoms with Gasteiger partial charge in [-0.3, -0.25) is 0 Å². The first kappa shape index (κ1) is 22.1. The molecule has 0 aromatic heterocycles. The fourth-order valence-electron chi connectivity index (χ4n) is 2.52. The first-order chi connectivity index (χ1) is 14.4. The van der Waals surface area contributed by atoms with Gasteiger partial charge in [0.2, 0.25) is 5.75 Å². The molecule has 2 aromatic rings. The number of methoxy groups -OCH3 is 4. The third-order valence-electron chi connectivity index (χ3n) is 3.94. The number of ether oxygens (including phenoxy) is 5. The summed E-state index contributed by atoms with van der Waals surface area (Å²) < 4.78 is 26.3. The molecule has 0 aliphatic rings. The van der Waals surface area contributed by atoms with E-state index in [1.807, 2.05) is 0 Å². The average molecular weight is 412 g/mol. The molecule has 0 aliphatic heterocycles.